The molecule has 0 saturated carbocycles. The fourth-order valence-electron chi connectivity index (χ4n) is 1.79. The Kier molecular flexibility index (Phi) is 3.37. The van der Waals surface area contributed by atoms with Crippen LogP contribution in [0.5, 0.6) is 0 Å². The summed E-state index contributed by atoms with van der Waals surface area (Å²) in [4.78, 5) is 14.2. The van der Waals surface area contributed by atoms with Crippen molar-refractivity contribution in [1.82, 2.24) is 5.32 Å². The van der Waals surface area contributed by atoms with Crippen molar-refractivity contribution in [1.29, 1.82) is 0 Å². The maximum absolute atomic E-state index is 12.4. The van der Waals surface area contributed by atoms with E-state index in [-0.39, 0.29) is 11.3 Å². The Balaban J connectivity index is 2.29. The Morgan fingerprint density at radius 2 is 2.25 bits per heavy atom. The molecule has 0 bridgehead atoms. The van der Waals surface area contributed by atoms with Gasteiger partial charge in [0.25, 0.3) is 0 Å². The fourth-order valence-corrected chi connectivity index (χ4v) is 3.18. The number of rotatable bonds is 1. The lowest BCUT2D eigenvalue weighted by Crippen LogP contribution is -2.41. The van der Waals surface area contributed by atoms with E-state index in [1.54, 1.807) is 11.3 Å². The van der Waals surface area contributed by atoms with Crippen LogP contribution in [0.25, 0.3) is 0 Å². The first-order valence-electron chi connectivity index (χ1n) is 5.29. The second-order valence-electron chi connectivity index (χ2n) is 4.60. The standard InChI is InChI=1S/C11H15BrN2OS/c1-11(2)7-13-5-6-14(10(11)15)9-4-3-8(12)16-9/h3-4,13H,5-7H2,1-2H3. The van der Waals surface area contributed by atoms with Gasteiger partial charge in [-0.3, -0.25) is 4.79 Å². The van der Waals surface area contributed by atoms with Gasteiger partial charge >= 0.3 is 0 Å². The minimum atomic E-state index is -0.326. The molecule has 2 rings (SSSR count). The lowest BCUT2D eigenvalue weighted by Gasteiger charge is -2.27. The molecule has 0 aromatic carbocycles. The smallest absolute Gasteiger partial charge is 0.234 e. The first-order valence-corrected chi connectivity index (χ1v) is 6.90. The molecule has 0 aliphatic carbocycles. The van der Waals surface area contributed by atoms with Crippen LogP contribution < -0.4 is 10.2 Å². The molecule has 1 aliphatic heterocycles. The van der Waals surface area contributed by atoms with Crippen LogP contribution in [-0.2, 0) is 4.79 Å². The van der Waals surface area contributed by atoms with Gasteiger partial charge in [0.05, 0.1) is 14.2 Å². The minimum absolute atomic E-state index is 0.201. The second-order valence-corrected chi connectivity index (χ2v) is 7.04. The van der Waals surface area contributed by atoms with Crippen LogP contribution in [0.1, 0.15) is 13.8 Å². The van der Waals surface area contributed by atoms with E-state index in [9.17, 15) is 4.79 Å². The zero-order valence-electron chi connectivity index (χ0n) is 9.42. The molecule has 0 spiro atoms. The van der Waals surface area contributed by atoms with Gasteiger partial charge in [0.2, 0.25) is 5.91 Å². The molecular formula is C11H15BrN2OS. The highest BCUT2D eigenvalue weighted by molar-refractivity contribution is 9.11. The summed E-state index contributed by atoms with van der Waals surface area (Å²) >= 11 is 5.03. The summed E-state index contributed by atoms with van der Waals surface area (Å²) < 4.78 is 1.06. The zero-order chi connectivity index (χ0) is 11.8. The first kappa shape index (κ1) is 12.1. The van der Waals surface area contributed by atoms with Gasteiger partial charge in [0.1, 0.15) is 0 Å². The van der Waals surface area contributed by atoms with Crippen molar-refractivity contribution >= 4 is 38.2 Å². The van der Waals surface area contributed by atoms with Crippen LogP contribution in [0.3, 0.4) is 0 Å². The number of nitrogens with zero attached hydrogens (tertiary/aromatic N) is 1. The molecule has 1 aromatic heterocycles. The molecule has 0 radical (unpaired) electrons. The topological polar surface area (TPSA) is 32.3 Å². The Hall–Kier alpha value is -0.390. The van der Waals surface area contributed by atoms with E-state index >= 15 is 0 Å². The number of hydrogen-bond acceptors (Lipinski definition) is 3. The number of halogens is 1. The average Bonchev–Trinajstić information content (AvgIpc) is 2.58. The lowest BCUT2D eigenvalue weighted by atomic mass is 9.92. The van der Waals surface area contributed by atoms with Gasteiger partial charge in [-0.05, 0) is 41.9 Å². The minimum Gasteiger partial charge on any atom is -0.314 e. The SMILES string of the molecule is CC1(C)CNCCN(c2ccc(Br)s2)C1=O. The van der Waals surface area contributed by atoms with Gasteiger partial charge < -0.3 is 10.2 Å². The van der Waals surface area contributed by atoms with E-state index in [1.807, 2.05) is 30.9 Å². The molecule has 0 unspecified atom stereocenters. The molecule has 0 atom stereocenters. The number of thiophene rings is 1. The molecular weight excluding hydrogens is 288 g/mol. The number of hydrogen-bond donors (Lipinski definition) is 1. The lowest BCUT2D eigenvalue weighted by molar-refractivity contribution is -0.125. The highest BCUT2D eigenvalue weighted by Crippen LogP contribution is 2.33. The van der Waals surface area contributed by atoms with E-state index < -0.39 is 0 Å². The van der Waals surface area contributed by atoms with Crippen LogP contribution in [0.4, 0.5) is 5.00 Å². The number of carbonyl (C=O) groups is 1. The van der Waals surface area contributed by atoms with Crippen molar-refractivity contribution in [2.24, 2.45) is 5.41 Å². The van der Waals surface area contributed by atoms with Crippen molar-refractivity contribution in [2.75, 3.05) is 24.5 Å². The maximum atomic E-state index is 12.4. The summed E-state index contributed by atoms with van der Waals surface area (Å²) in [6, 6.07) is 3.98. The Morgan fingerprint density at radius 1 is 1.50 bits per heavy atom. The Bertz CT molecular complexity index is 402. The number of carbonyl (C=O) groups excluding carboxylic acids is 1. The molecule has 1 aliphatic rings. The molecule has 1 aromatic rings. The van der Waals surface area contributed by atoms with Crippen LogP contribution >= 0.6 is 27.3 Å². The van der Waals surface area contributed by atoms with Gasteiger partial charge in [-0.15, -0.1) is 11.3 Å². The third kappa shape index (κ3) is 2.31. The van der Waals surface area contributed by atoms with Crippen molar-refractivity contribution in [3.63, 3.8) is 0 Å². The molecule has 1 N–H and O–H groups in total. The highest BCUT2D eigenvalue weighted by atomic mass is 79.9. The van der Waals surface area contributed by atoms with Gasteiger partial charge in [-0.1, -0.05) is 0 Å². The number of anilines is 1. The van der Waals surface area contributed by atoms with Crippen LogP contribution in [0.2, 0.25) is 0 Å². The highest BCUT2D eigenvalue weighted by Gasteiger charge is 2.34. The van der Waals surface area contributed by atoms with Crippen molar-refractivity contribution < 1.29 is 4.79 Å². The monoisotopic (exact) mass is 302 g/mol. The van der Waals surface area contributed by atoms with E-state index in [1.165, 1.54) is 0 Å². The first-order chi connectivity index (χ1) is 7.50. The van der Waals surface area contributed by atoms with Crippen LogP contribution in [-0.4, -0.2) is 25.5 Å². The summed E-state index contributed by atoms with van der Waals surface area (Å²) in [6.45, 7) is 6.32. The summed E-state index contributed by atoms with van der Waals surface area (Å²) in [5.41, 5.74) is -0.326. The van der Waals surface area contributed by atoms with Gasteiger partial charge in [0, 0.05) is 19.6 Å². The third-order valence-electron chi connectivity index (χ3n) is 2.73. The number of nitrogens with one attached hydrogen (secondary N) is 1. The zero-order valence-corrected chi connectivity index (χ0v) is 11.8. The van der Waals surface area contributed by atoms with Crippen molar-refractivity contribution in [2.45, 2.75) is 13.8 Å². The van der Waals surface area contributed by atoms with Crippen molar-refractivity contribution in [3.05, 3.63) is 15.9 Å². The normalized spacial score (nSPS) is 20.9. The van der Waals surface area contributed by atoms with Gasteiger partial charge in [0.15, 0.2) is 0 Å². The predicted octanol–water partition coefficient (Wildman–Crippen LogP) is 2.47. The Morgan fingerprint density at radius 3 is 2.88 bits per heavy atom. The van der Waals surface area contributed by atoms with E-state index in [4.69, 9.17) is 0 Å². The summed E-state index contributed by atoms with van der Waals surface area (Å²) in [6.07, 6.45) is 0. The maximum Gasteiger partial charge on any atom is 0.234 e. The van der Waals surface area contributed by atoms with Gasteiger partial charge in [-0.2, -0.15) is 0 Å². The summed E-state index contributed by atoms with van der Waals surface area (Å²) in [5, 5.41) is 4.33. The molecule has 3 nitrogen and oxygen atoms in total. The average molecular weight is 303 g/mol. The van der Waals surface area contributed by atoms with Gasteiger partial charge in [-0.25, -0.2) is 0 Å². The summed E-state index contributed by atoms with van der Waals surface area (Å²) in [5.74, 6) is 0.201. The van der Waals surface area contributed by atoms with Crippen LogP contribution in [0.15, 0.2) is 15.9 Å². The third-order valence-corrected chi connectivity index (χ3v) is 4.37. The van der Waals surface area contributed by atoms with E-state index in [0.717, 1.165) is 28.4 Å². The van der Waals surface area contributed by atoms with E-state index in [2.05, 4.69) is 21.2 Å². The molecule has 1 amide bonds. The molecule has 1 saturated heterocycles. The largest absolute Gasteiger partial charge is 0.314 e. The second kappa shape index (κ2) is 4.47. The Labute approximate surface area is 108 Å². The number of amides is 1. The molecule has 5 heteroatoms. The predicted molar refractivity (Wildman–Crippen MR) is 71.0 cm³/mol. The molecule has 16 heavy (non-hydrogen) atoms. The molecule has 88 valence electrons. The van der Waals surface area contributed by atoms with Crippen LogP contribution in [0, 0.1) is 5.41 Å². The summed E-state index contributed by atoms with van der Waals surface area (Å²) in [7, 11) is 0. The van der Waals surface area contributed by atoms with E-state index in [0.29, 0.717) is 0 Å². The molecule has 1 fully saturated rings. The van der Waals surface area contributed by atoms with Crippen molar-refractivity contribution in [3.8, 4) is 0 Å². The fraction of sp³-hybridized carbons (Fsp3) is 0.545. The quantitative estimate of drug-likeness (QED) is 0.864. The molecule has 2 heterocycles.